The number of aliphatic hydroxyl groups excluding tert-OH is 1. The minimum atomic E-state index is -0.495. The van der Waals surface area contributed by atoms with Gasteiger partial charge in [-0.25, -0.2) is 0 Å². The van der Waals surface area contributed by atoms with E-state index in [1.54, 1.807) is 0 Å². The van der Waals surface area contributed by atoms with Crippen LogP contribution in [0.5, 0.6) is 0 Å². The van der Waals surface area contributed by atoms with E-state index in [2.05, 4.69) is 15.5 Å². The van der Waals surface area contributed by atoms with Crippen LogP contribution in [0.3, 0.4) is 0 Å². The molecule has 0 radical (unpaired) electrons. The van der Waals surface area contributed by atoms with Crippen molar-refractivity contribution >= 4 is 5.91 Å². The van der Waals surface area contributed by atoms with Crippen LogP contribution >= 0.6 is 0 Å². The molecule has 0 aromatic heterocycles. The van der Waals surface area contributed by atoms with Crippen LogP contribution in [-0.4, -0.2) is 60.3 Å². The van der Waals surface area contributed by atoms with E-state index < -0.39 is 5.54 Å². The van der Waals surface area contributed by atoms with Gasteiger partial charge < -0.3 is 15.7 Å². The van der Waals surface area contributed by atoms with Crippen molar-refractivity contribution in [2.24, 2.45) is 5.92 Å². The van der Waals surface area contributed by atoms with Gasteiger partial charge in [0, 0.05) is 38.8 Å². The first kappa shape index (κ1) is 15.4. The molecule has 106 valence electrons. The summed E-state index contributed by atoms with van der Waals surface area (Å²) < 4.78 is 0. The third-order valence-electron chi connectivity index (χ3n) is 3.96. The average molecular weight is 257 g/mol. The number of rotatable bonds is 5. The topological polar surface area (TPSA) is 64.6 Å². The maximum absolute atomic E-state index is 12.3. The van der Waals surface area contributed by atoms with Gasteiger partial charge in [0.1, 0.15) is 0 Å². The third-order valence-corrected chi connectivity index (χ3v) is 3.96. The Labute approximate surface area is 110 Å². The van der Waals surface area contributed by atoms with Crippen molar-refractivity contribution in [3.63, 3.8) is 0 Å². The van der Waals surface area contributed by atoms with Crippen LogP contribution in [0.25, 0.3) is 0 Å². The lowest BCUT2D eigenvalue weighted by atomic mass is 9.98. The molecule has 0 spiro atoms. The van der Waals surface area contributed by atoms with Crippen LogP contribution in [0, 0.1) is 5.92 Å². The summed E-state index contributed by atoms with van der Waals surface area (Å²) in [7, 11) is 0. The number of aliphatic hydroxyl groups is 1. The predicted molar refractivity (Wildman–Crippen MR) is 72.4 cm³/mol. The highest BCUT2D eigenvalue weighted by Gasteiger charge is 2.35. The van der Waals surface area contributed by atoms with Crippen molar-refractivity contribution < 1.29 is 9.90 Å². The molecule has 0 aromatic carbocycles. The molecule has 1 aliphatic rings. The highest BCUT2D eigenvalue weighted by atomic mass is 16.3. The van der Waals surface area contributed by atoms with Gasteiger partial charge in [-0.05, 0) is 26.7 Å². The second-order valence-electron chi connectivity index (χ2n) is 5.72. The molecule has 1 rings (SSSR count). The Morgan fingerprint density at radius 2 is 1.94 bits per heavy atom. The summed E-state index contributed by atoms with van der Waals surface area (Å²) in [6, 6.07) is -0.00955. The molecule has 1 aliphatic heterocycles. The Morgan fingerprint density at radius 3 is 2.44 bits per heavy atom. The number of hydrogen-bond acceptors (Lipinski definition) is 4. The first-order chi connectivity index (χ1) is 8.39. The van der Waals surface area contributed by atoms with Gasteiger partial charge in [0.25, 0.3) is 0 Å². The Balaban J connectivity index is 2.57. The molecule has 18 heavy (non-hydrogen) atoms. The second kappa shape index (κ2) is 6.50. The molecule has 2 unspecified atom stereocenters. The molecule has 0 aromatic rings. The van der Waals surface area contributed by atoms with Crippen LogP contribution in [0.1, 0.15) is 27.7 Å². The van der Waals surface area contributed by atoms with Gasteiger partial charge in [0.15, 0.2) is 0 Å². The average Bonchev–Trinajstić information content (AvgIpc) is 2.38. The normalized spacial score (nSPS) is 21.4. The molecule has 1 amide bonds. The maximum atomic E-state index is 12.3. The third kappa shape index (κ3) is 3.67. The highest BCUT2D eigenvalue weighted by Crippen LogP contribution is 2.16. The molecular weight excluding hydrogens is 230 g/mol. The predicted octanol–water partition coefficient (Wildman–Crippen LogP) is -0.197. The lowest BCUT2D eigenvalue weighted by Crippen LogP contribution is -2.61. The van der Waals surface area contributed by atoms with E-state index >= 15 is 0 Å². The zero-order valence-corrected chi connectivity index (χ0v) is 12.0. The van der Waals surface area contributed by atoms with Crippen molar-refractivity contribution in [3.8, 4) is 0 Å². The molecular formula is C13H27N3O2. The van der Waals surface area contributed by atoms with Gasteiger partial charge in [-0.1, -0.05) is 6.92 Å². The van der Waals surface area contributed by atoms with E-state index in [1.807, 2.05) is 27.7 Å². The van der Waals surface area contributed by atoms with Gasteiger partial charge in [-0.15, -0.1) is 0 Å². The second-order valence-corrected chi connectivity index (χ2v) is 5.72. The molecule has 1 fully saturated rings. The summed E-state index contributed by atoms with van der Waals surface area (Å²) in [5.74, 6) is 0.116. The van der Waals surface area contributed by atoms with Gasteiger partial charge in [-0.2, -0.15) is 0 Å². The van der Waals surface area contributed by atoms with Crippen LogP contribution in [-0.2, 0) is 4.79 Å². The number of hydrogen-bond donors (Lipinski definition) is 3. The van der Waals surface area contributed by atoms with Crippen molar-refractivity contribution in [3.05, 3.63) is 0 Å². The summed E-state index contributed by atoms with van der Waals surface area (Å²) in [5, 5.41) is 15.4. The zero-order chi connectivity index (χ0) is 13.8. The Kier molecular flexibility index (Phi) is 5.56. The molecule has 0 bridgehead atoms. The van der Waals surface area contributed by atoms with Gasteiger partial charge in [0.05, 0.1) is 5.54 Å². The number of nitrogens with zero attached hydrogens (tertiary/aromatic N) is 1. The lowest BCUT2D eigenvalue weighted by molar-refractivity contribution is -0.133. The van der Waals surface area contributed by atoms with Crippen LogP contribution in [0.15, 0.2) is 0 Å². The van der Waals surface area contributed by atoms with E-state index in [9.17, 15) is 4.79 Å². The summed E-state index contributed by atoms with van der Waals surface area (Å²) >= 11 is 0. The smallest absolute Gasteiger partial charge is 0.240 e. The Morgan fingerprint density at radius 1 is 1.39 bits per heavy atom. The molecule has 0 aliphatic carbocycles. The van der Waals surface area contributed by atoms with Gasteiger partial charge >= 0.3 is 0 Å². The fourth-order valence-electron chi connectivity index (χ4n) is 2.05. The first-order valence-corrected chi connectivity index (χ1v) is 6.77. The summed E-state index contributed by atoms with van der Waals surface area (Å²) in [5.41, 5.74) is -0.495. The molecule has 3 N–H and O–H groups in total. The largest absolute Gasteiger partial charge is 0.396 e. The van der Waals surface area contributed by atoms with Gasteiger partial charge in [0.2, 0.25) is 5.91 Å². The van der Waals surface area contributed by atoms with Crippen molar-refractivity contribution in [2.75, 3.05) is 32.8 Å². The van der Waals surface area contributed by atoms with E-state index in [1.165, 1.54) is 0 Å². The fraction of sp³-hybridized carbons (Fsp3) is 0.923. The summed E-state index contributed by atoms with van der Waals surface area (Å²) in [6.07, 6.45) is 0. The van der Waals surface area contributed by atoms with Crippen molar-refractivity contribution in [2.45, 2.75) is 39.3 Å². The molecule has 0 saturated carbocycles. The van der Waals surface area contributed by atoms with Crippen LogP contribution < -0.4 is 10.6 Å². The molecule has 1 heterocycles. The monoisotopic (exact) mass is 257 g/mol. The summed E-state index contributed by atoms with van der Waals surface area (Å²) in [4.78, 5) is 14.5. The van der Waals surface area contributed by atoms with Crippen LogP contribution in [0.2, 0.25) is 0 Å². The Bertz CT molecular complexity index is 275. The molecule has 5 nitrogen and oxygen atoms in total. The highest BCUT2D eigenvalue weighted by molar-refractivity contribution is 5.85. The minimum absolute atomic E-state index is 0.00955. The summed E-state index contributed by atoms with van der Waals surface area (Å²) in [6.45, 7) is 11.5. The number of nitrogens with one attached hydrogen (secondary N) is 2. The molecule has 5 heteroatoms. The number of amides is 1. The minimum Gasteiger partial charge on any atom is -0.396 e. The Hall–Kier alpha value is -0.650. The van der Waals surface area contributed by atoms with E-state index in [-0.39, 0.29) is 24.5 Å². The first-order valence-electron chi connectivity index (χ1n) is 6.77. The van der Waals surface area contributed by atoms with Gasteiger partial charge in [-0.3, -0.25) is 9.69 Å². The van der Waals surface area contributed by atoms with Crippen molar-refractivity contribution in [1.82, 2.24) is 15.5 Å². The SMILES string of the molecule is CC(CO)C(C)NC(=O)C(C)(C)N1CCNCC1. The van der Waals surface area contributed by atoms with Crippen LogP contribution in [0.4, 0.5) is 0 Å². The maximum Gasteiger partial charge on any atom is 0.240 e. The zero-order valence-electron chi connectivity index (χ0n) is 12.0. The quantitative estimate of drug-likeness (QED) is 0.638. The number of carbonyl (C=O) groups excluding carboxylic acids is 1. The van der Waals surface area contributed by atoms with E-state index in [0.717, 1.165) is 26.2 Å². The molecule has 1 saturated heterocycles. The van der Waals surface area contributed by atoms with E-state index in [4.69, 9.17) is 5.11 Å². The molecule has 2 atom stereocenters. The van der Waals surface area contributed by atoms with E-state index in [0.29, 0.717) is 0 Å². The van der Waals surface area contributed by atoms with Crippen molar-refractivity contribution in [1.29, 1.82) is 0 Å². The standard InChI is InChI=1S/C13H27N3O2/c1-10(9-17)11(2)15-12(18)13(3,4)16-7-5-14-6-8-16/h10-11,14,17H,5-9H2,1-4H3,(H,15,18). The number of carbonyl (C=O) groups is 1. The number of piperazine rings is 1. The lowest BCUT2D eigenvalue weighted by Gasteiger charge is -2.40. The fourth-order valence-corrected chi connectivity index (χ4v) is 2.05.